The molecule has 0 saturated heterocycles. The first-order chi connectivity index (χ1) is 10.2. The van der Waals surface area contributed by atoms with Crippen LogP contribution in [0.25, 0.3) is 17.0 Å². The molecule has 1 N–H and O–H groups in total. The van der Waals surface area contributed by atoms with Crippen LogP contribution in [0.2, 0.25) is 0 Å². The van der Waals surface area contributed by atoms with Crippen molar-refractivity contribution in [1.82, 2.24) is 4.57 Å². The number of hydrogen-bond acceptors (Lipinski definition) is 3. The SMILES string of the molecule is CC(C)=Cc1cccc2c1cc(CO)n2C(=O)OC(C)(C)C. The summed E-state index contributed by atoms with van der Waals surface area (Å²) in [5, 5.41) is 10.5. The van der Waals surface area contributed by atoms with Gasteiger partial charge in [0.15, 0.2) is 0 Å². The average molecular weight is 301 g/mol. The Morgan fingerprint density at radius 3 is 2.55 bits per heavy atom. The second-order valence-corrected chi connectivity index (χ2v) is 6.61. The van der Waals surface area contributed by atoms with E-state index in [0.717, 1.165) is 16.5 Å². The van der Waals surface area contributed by atoms with E-state index in [1.807, 2.05) is 58.9 Å². The molecule has 4 heteroatoms. The largest absolute Gasteiger partial charge is 0.443 e. The summed E-state index contributed by atoms with van der Waals surface area (Å²) in [7, 11) is 0. The maximum absolute atomic E-state index is 12.5. The highest BCUT2D eigenvalue weighted by atomic mass is 16.6. The van der Waals surface area contributed by atoms with Gasteiger partial charge in [0.2, 0.25) is 0 Å². The summed E-state index contributed by atoms with van der Waals surface area (Å²) >= 11 is 0. The van der Waals surface area contributed by atoms with Gasteiger partial charge in [-0.1, -0.05) is 23.8 Å². The highest BCUT2D eigenvalue weighted by Gasteiger charge is 2.22. The number of nitrogens with zero attached hydrogens (tertiary/aromatic N) is 1. The molecular formula is C18H23NO3. The Hall–Kier alpha value is -2.07. The van der Waals surface area contributed by atoms with Crippen LogP contribution in [0, 0.1) is 0 Å². The molecule has 0 radical (unpaired) electrons. The molecule has 4 nitrogen and oxygen atoms in total. The number of carbonyl (C=O) groups is 1. The molecule has 0 spiro atoms. The molecule has 0 atom stereocenters. The third-order valence-corrected chi connectivity index (χ3v) is 3.14. The molecule has 22 heavy (non-hydrogen) atoms. The van der Waals surface area contributed by atoms with Crippen LogP contribution in [0.4, 0.5) is 4.79 Å². The summed E-state index contributed by atoms with van der Waals surface area (Å²) in [6, 6.07) is 7.60. The zero-order valence-corrected chi connectivity index (χ0v) is 13.8. The van der Waals surface area contributed by atoms with Crippen LogP contribution in [0.5, 0.6) is 0 Å². The first kappa shape index (κ1) is 16.3. The monoisotopic (exact) mass is 301 g/mol. The maximum atomic E-state index is 12.5. The number of ether oxygens (including phenoxy) is 1. The van der Waals surface area contributed by atoms with Crippen molar-refractivity contribution in [2.75, 3.05) is 0 Å². The van der Waals surface area contributed by atoms with Gasteiger partial charge in [-0.15, -0.1) is 0 Å². The minimum Gasteiger partial charge on any atom is -0.443 e. The summed E-state index contributed by atoms with van der Waals surface area (Å²) in [4.78, 5) is 12.5. The first-order valence-corrected chi connectivity index (χ1v) is 7.35. The number of aromatic nitrogens is 1. The van der Waals surface area contributed by atoms with Gasteiger partial charge >= 0.3 is 6.09 Å². The van der Waals surface area contributed by atoms with E-state index in [1.165, 1.54) is 10.1 Å². The molecule has 118 valence electrons. The summed E-state index contributed by atoms with van der Waals surface area (Å²) in [5.41, 5.74) is 2.88. The van der Waals surface area contributed by atoms with E-state index in [4.69, 9.17) is 4.74 Å². The number of fused-ring (bicyclic) bond motifs is 1. The van der Waals surface area contributed by atoms with Crippen LogP contribution >= 0.6 is 0 Å². The highest BCUT2D eigenvalue weighted by Crippen LogP contribution is 2.26. The molecule has 0 unspecified atom stereocenters. The Morgan fingerprint density at radius 2 is 2.00 bits per heavy atom. The highest BCUT2D eigenvalue weighted by molar-refractivity contribution is 5.96. The molecule has 1 aromatic heterocycles. The lowest BCUT2D eigenvalue weighted by Crippen LogP contribution is -2.28. The lowest BCUT2D eigenvalue weighted by atomic mass is 10.1. The fraction of sp³-hybridized carbons (Fsp3) is 0.389. The number of allylic oxidation sites excluding steroid dienone is 1. The standard InChI is InChI=1S/C18H23NO3/c1-12(2)9-13-7-6-8-16-15(13)10-14(11-20)19(16)17(21)22-18(3,4)5/h6-10,20H,11H2,1-5H3. The maximum Gasteiger partial charge on any atom is 0.419 e. The molecule has 0 fully saturated rings. The third-order valence-electron chi connectivity index (χ3n) is 3.14. The Balaban J connectivity index is 2.64. The summed E-state index contributed by atoms with van der Waals surface area (Å²) < 4.78 is 6.90. The Bertz CT molecular complexity index is 729. The van der Waals surface area contributed by atoms with Crippen LogP contribution < -0.4 is 0 Å². The topological polar surface area (TPSA) is 51.5 Å². The molecule has 1 aromatic carbocycles. The van der Waals surface area contributed by atoms with Gasteiger partial charge in [-0.3, -0.25) is 0 Å². The van der Waals surface area contributed by atoms with Crippen molar-refractivity contribution in [3.05, 3.63) is 41.1 Å². The quantitative estimate of drug-likeness (QED) is 0.897. The zero-order chi connectivity index (χ0) is 16.5. The van der Waals surface area contributed by atoms with Crippen LogP contribution in [0.15, 0.2) is 29.8 Å². The molecule has 2 aromatic rings. The molecule has 1 heterocycles. The Kier molecular flexibility index (Phi) is 4.42. The van der Waals surface area contributed by atoms with Crippen LogP contribution in [0.1, 0.15) is 45.9 Å². The molecule has 0 aliphatic rings. The van der Waals surface area contributed by atoms with Crippen molar-refractivity contribution in [2.45, 2.75) is 46.8 Å². The van der Waals surface area contributed by atoms with E-state index in [0.29, 0.717) is 5.69 Å². The summed E-state index contributed by atoms with van der Waals surface area (Å²) in [6.45, 7) is 9.30. The average Bonchev–Trinajstić information content (AvgIpc) is 2.75. The van der Waals surface area contributed by atoms with Crippen molar-refractivity contribution < 1.29 is 14.6 Å². The molecule has 0 aliphatic heterocycles. The third kappa shape index (κ3) is 3.39. The Labute approximate surface area is 131 Å². The second kappa shape index (κ2) is 5.97. The smallest absolute Gasteiger partial charge is 0.419 e. The lowest BCUT2D eigenvalue weighted by Gasteiger charge is -2.20. The molecule has 0 amide bonds. The summed E-state index contributed by atoms with van der Waals surface area (Å²) in [6.07, 6.45) is 1.59. The van der Waals surface area contributed by atoms with Crippen molar-refractivity contribution in [2.24, 2.45) is 0 Å². The lowest BCUT2D eigenvalue weighted by molar-refractivity contribution is 0.0533. The first-order valence-electron chi connectivity index (χ1n) is 7.35. The Morgan fingerprint density at radius 1 is 1.32 bits per heavy atom. The van der Waals surface area contributed by atoms with Gasteiger partial charge in [0.25, 0.3) is 0 Å². The molecule has 2 rings (SSSR count). The van der Waals surface area contributed by atoms with Gasteiger partial charge in [0.05, 0.1) is 17.8 Å². The van der Waals surface area contributed by atoms with E-state index in [2.05, 4.69) is 6.08 Å². The number of carbonyl (C=O) groups excluding carboxylic acids is 1. The predicted octanol–water partition coefficient (Wildman–Crippen LogP) is 4.34. The van der Waals surface area contributed by atoms with E-state index >= 15 is 0 Å². The molecular weight excluding hydrogens is 278 g/mol. The van der Waals surface area contributed by atoms with Crippen LogP contribution in [-0.2, 0) is 11.3 Å². The normalized spacial score (nSPS) is 11.5. The van der Waals surface area contributed by atoms with Gasteiger partial charge in [-0.05, 0) is 52.3 Å². The fourth-order valence-electron chi connectivity index (χ4n) is 2.38. The van der Waals surface area contributed by atoms with Gasteiger partial charge in [0, 0.05) is 5.39 Å². The molecule has 0 bridgehead atoms. The van der Waals surface area contributed by atoms with Crippen molar-refractivity contribution in [3.8, 4) is 0 Å². The minimum absolute atomic E-state index is 0.220. The number of rotatable bonds is 2. The van der Waals surface area contributed by atoms with E-state index < -0.39 is 11.7 Å². The van der Waals surface area contributed by atoms with Crippen LogP contribution in [-0.4, -0.2) is 21.4 Å². The van der Waals surface area contributed by atoms with Gasteiger partial charge in [0.1, 0.15) is 5.60 Å². The minimum atomic E-state index is -0.585. The number of benzene rings is 1. The van der Waals surface area contributed by atoms with Gasteiger partial charge in [-0.25, -0.2) is 9.36 Å². The van der Waals surface area contributed by atoms with E-state index in [9.17, 15) is 9.90 Å². The number of aliphatic hydroxyl groups is 1. The number of hydrogen-bond donors (Lipinski definition) is 1. The van der Waals surface area contributed by atoms with Crippen LogP contribution in [0.3, 0.4) is 0 Å². The summed E-state index contributed by atoms with van der Waals surface area (Å²) in [5.74, 6) is 0. The predicted molar refractivity (Wildman–Crippen MR) is 88.8 cm³/mol. The van der Waals surface area contributed by atoms with Crippen molar-refractivity contribution in [1.29, 1.82) is 0 Å². The number of aliphatic hydroxyl groups excluding tert-OH is 1. The molecule has 0 aliphatic carbocycles. The van der Waals surface area contributed by atoms with E-state index in [-0.39, 0.29) is 6.61 Å². The molecule has 0 saturated carbocycles. The van der Waals surface area contributed by atoms with E-state index in [1.54, 1.807) is 0 Å². The zero-order valence-electron chi connectivity index (χ0n) is 13.8. The van der Waals surface area contributed by atoms with Gasteiger partial charge < -0.3 is 9.84 Å². The van der Waals surface area contributed by atoms with Gasteiger partial charge in [-0.2, -0.15) is 0 Å². The second-order valence-electron chi connectivity index (χ2n) is 6.61. The van der Waals surface area contributed by atoms with Crippen molar-refractivity contribution >= 4 is 23.1 Å². The fourth-order valence-corrected chi connectivity index (χ4v) is 2.38. The van der Waals surface area contributed by atoms with Crippen molar-refractivity contribution in [3.63, 3.8) is 0 Å².